The molecule has 0 aromatic rings. The van der Waals surface area contributed by atoms with Crippen LogP contribution in [0.2, 0.25) is 0 Å². The van der Waals surface area contributed by atoms with Crippen molar-refractivity contribution in [2.24, 2.45) is 0 Å². The van der Waals surface area contributed by atoms with Crippen LogP contribution in [0.3, 0.4) is 0 Å². The van der Waals surface area contributed by atoms with Crippen molar-refractivity contribution in [3.05, 3.63) is 0 Å². The Hall–Kier alpha value is -0.0500. The van der Waals surface area contributed by atoms with Crippen LogP contribution in [0.15, 0.2) is 0 Å². The number of alkyl halides is 1. The van der Waals surface area contributed by atoms with E-state index in [2.05, 4.69) is 15.9 Å². The van der Waals surface area contributed by atoms with Gasteiger partial charge in [0.2, 0.25) is 0 Å². The second-order valence-corrected chi connectivity index (χ2v) is 3.05. The molecular weight excluding hydrogens is 184 g/mol. The second kappa shape index (κ2) is 4.79. The highest BCUT2D eigenvalue weighted by atomic mass is 79.9. The molecule has 0 saturated heterocycles. The van der Waals surface area contributed by atoms with Crippen LogP contribution in [0, 0.1) is 0 Å². The van der Waals surface area contributed by atoms with Gasteiger partial charge in [0.05, 0.1) is 0 Å². The minimum absolute atomic E-state index is 0.350. The summed E-state index contributed by atoms with van der Waals surface area (Å²) in [5, 5.41) is 8.36. The first-order chi connectivity index (χ1) is 4.18. The Kier molecular flexibility index (Phi) is 4.77. The normalized spacial score (nSPS) is 13.1. The molecule has 0 radical (unpaired) electrons. The maximum absolute atomic E-state index is 10.2. The Bertz CT molecular complexity index is 93.1. The fourth-order valence-electron chi connectivity index (χ4n) is 0.507. The molecule has 0 heterocycles. The predicted molar refractivity (Wildman–Crippen MR) is 39.9 cm³/mol. The summed E-state index contributed by atoms with van der Waals surface area (Å²) < 4.78 is 0. The van der Waals surface area contributed by atoms with E-state index in [0.717, 1.165) is 19.3 Å². The lowest BCUT2D eigenvalue weighted by molar-refractivity contribution is -0.136. The van der Waals surface area contributed by atoms with Crippen LogP contribution >= 0.6 is 15.9 Å². The van der Waals surface area contributed by atoms with E-state index in [1.54, 1.807) is 0 Å². The largest absolute Gasteiger partial charge is 0.480 e. The quantitative estimate of drug-likeness (QED) is 0.696. The molecule has 2 nitrogen and oxygen atoms in total. The molecule has 0 rings (SSSR count). The van der Waals surface area contributed by atoms with Gasteiger partial charge in [0, 0.05) is 0 Å². The lowest BCUT2D eigenvalue weighted by Gasteiger charge is -2.00. The monoisotopic (exact) mass is 194 g/mol. The molecule has 0 aliphatic heterocycles. The first-order valence-corrected chi connectivity index (χ1v) is 3.97. The SMILES string of the molecule is CCCC[C@@H](Br)C(=O)O. The Morgan fingerprint density at radius 1 is 1.78 bits per heavy atom. The molecule has 0 amide bonds. The van der Waals surface area contributed by atoms with E-state index in [9.17, 15) is 4.79 Å². The van der Waals surface area contributed by atoms with Gasteiger partial charge in [-0.1, -0.05) is 35.7 Å². The Balaban J connectivity index is 3.27. The molecule has 0 saturated carbocycles. The van der Waals surface area contributed by atoms with Crippen molar-refractivity contribution in [3.63, 3.8) is 0 Å². The average Bonchev–Trinajstić information content (AvgIpc) is 1.82. The Morgan fingerprint density at radius 3 is 2.67 bits per heavy atom. The van der Waals surface area contributed by atoms with Crippen molar-refractivity contribution in [3.8, 4) is 0 Å². The highest BCUT2D eigenvalue weighted by molar-refractivity contribution is 9.10. The summed E-state index contributed by atoms with van der Waals surface area (Å²) in [6, 6.07) is 0. The minimum atomic E-state index is -0.761. The predicted octanol–water partition coefficient (Wildman–Crippen LogP) is 2.02. The fourth-order valence-corrected chi connectivity index (χ4v) is 0.831. The number of unbranched alkanes of at least 4 members (excludes halogenated alkanes) is 1. The maximum Gasteiger partial charge on any atom is 0.317 e. The Labute approximate surface area is 63.4 Å². The molecule has 0 fully saturated rings. The van der Waals surface area contributed by atoms with Crippen molar-refractivity contribution in [2.75, 3.05) is 0 Å². The van der Waals surface area contributed by atoms with E-state index in [-0.39, 0.29) is 4.83 Å². The third kappa shape index (κ3) is 4.45. The number of hydrogen-bond donors (Lipinski definition) is 1. The molecule has 0 unspecified atom stereocenters. The molecule has 0 aromatic heterocycles. The standard InChI is InChI=1S/C6H11BrO2/c1-2-3-4-5(7)6(8)9/h5H,2-4H2,1H3,(H,8,9)/t5-/m1/s1. The van der Waals surface area contributed by atoms with Gasteiger partial charge in [0.1, 0.15) is 4.83 Å². The van der Waals surface area contributed by atoms with Gasteiger partial charge >= 0.3 is 5.97 Å². The van der Waals surface area contributed by atoms with E-state index in [1.807, 2.05) is 6.92 Å². The molecule has 0 bridgehead atoms. The Morgan fingerprint density at radius 2 is 2.33 bits per heavy atom. The first kappa shape index (κ1) is 8.95. The van der Waals surface area contributed by atoms with E-state index >= 15 is 0 Å². The number of halogens is 1. The molecule has 0 spiro atoms. The summed E-state index contributed by atoms with van der Waals surface area (Å²) >= 11 is 3.04. The van der Waals surface area contributed by atoms with Crippen LogP contribution in [0.25, 0.3) is 0 Å². The van der Waals surface area contributed by atoms with Crippen LogP contribution in [0.5, 0.6) is 0 Å². The summed E-state index contributed by atoms with van der Waals surface area (Å²) in [5.41, 5.74) is 0. The molecule has 54 valence electrons. The molecule has 0 aliphatic carbocycles. The number of aliphatic carboxylic acids is 1. The van der Waals surface area contributed by atoms with Crippen molar-refractivity contribution in [2.45, 2.75) is 31.0 Å². The zero-order valence-corrected chi connectivity index (χ0v) is 7.02. The summed E-state index contributed by atoms with van der Waals surface area (Å²) in [5.74, 6) is -0.761. The lowest BCUT2D eigenvalue weighted by Crippen LogP contribution is -2.11. The highest BCUT2D eigenvalue weighted by Gasteiger charge is 2.10. The van der Waals surface area contributed by atoms with Gasteiger partial charge in [-0.25, -0.2) is 0 Å². The van der Waals surface area contributed by atoms with Crippen LogP contribution < -0.4 is 0 Å². The van der Waals surface area contributed by atoms with Gasteiger partial charge in [-0.15, -0.1) is 0 Å². The van der Waals surface area contributed by atoms with Gasteiger partial charge in [0.15, 0.2) is 0 Å². The second-order valence-electron chi connectivity index (χ2n) is 1.95. The third-order valence-corrected chi connectivity index (χ3v) is 1.93. The van der Waals surface area contributed by atoms with Crippen LogP contribution in [-0.2, 0) is 4.79 Å². The van der Waals surface area contributed by atoms with E-state index in [0.29, 0.717) is 0 Å². The maximum atomic E-state index is 10.2. The highest BCUT2D eigenvalue weighted by Crippen LogP contribution is 2.08. The summed E-state index contributed by atoms with van der Waals surface area (Å²) in [6.07, 6.45) is 2.75. The zero-order valence-electron chi connectivity index (χ0n) is 5.43. The van der Waals surface area contributed by atoms with E-state index in [1.165, 1.54) is 0 Å². The van der Waals surface area contributed by atoms with Crippen molar-refractivity contribution in [1.82, 2.24) is 0 Å². The number of carbonyl (C=O) groups is 1. The molecule has 9 heavy (non-hydrogen) atoms. The van der Waals surface area contributed by atoms with Gasteiger partial charge in [-0.2, -0.15) is 0 Å². The molecule has 1 N–H and O–H groups in total. The van der Waals surface area contributed by atoms with Crippen LogP contribution in [0.1, 0.15) is 26.2 Å². The molecular formula is C6H11BrO2. The first-order valence-electron chi connectivity index (χ1n) is 3.05. The van der Waals surface area contributed by atoms with Gasteiger partial charge in [-0.3, -0.25) is 4.79 Å². The molecule has 1 atom stereocenters. The summed E-state index contributed by atoms with van der Waals surface area (Å²) in [4.78, 5) is 9.81. The lowest BCUT2D eigenvalue weighted by atomic mass is 10.2. The third-order valence-electron chi connectivity index (χ3n) is 1.08. The van der Waals surface area contributed by atoms with Gasteiger partial charge < -0.3 is 5.11 Å². The van der Waals surface area contributed by atoms with Gasteiger partial charge in [-0.05, 0) is 6.42 Å². The summed E-state index contributed by atoms with van der Waals surface area (Å²) in [6.45, 7) is 2.04. The van der Waals surface area contributed by atoms with Crippen molar-refractivity contribution >= 4 is 21.9 Å². The summed E-state index contributed by atoms with van der Waals surface area (Å²) in [7, 11) is 0. The molecule has 3 heteroatoms. The van der Waals surface area contributed by atoms with Crippen molar-refractivity contribution < 1.29 is 9.90 Å². The van der Waals surface area contributed by atoms with E-state index in [4.69, 9.17) is 5.11 Å². The van der Waals surface area contributed by atoms with Crippen LogP contribution in [-0.4, -0.2) is 15.9 Å². The smallest absolute Gasteiger partial charge is 0.317 e. The number of carboxylic acids is 1. The molecule has 0 aromatic carbocycles. The van der Waals surface area contributed by atoms with E-state index < -0.39 is 5.97 Å². The number of rotatable bonds is 4. The number of carboxylic acid groups (broad SMARTS) is 1. The minimum Gasteiger partial charge on any atom is -0.480 e. The number of hydrogen-bond acceptors (Lipinski definition) is 1. The van der Waals surface area contributed by atoms with Crippen molar-refractivity contribution in [1.29, 1.82) is 0 Å². The zero-order chi connectivity index (χ0) is 7.28. The molecule has 0 aliphatic rings. The average molecular weight is 195 g/mol. The fraction of sp³-hybridized carbons (Fsp3) is 0.833. The van der Waals surface area contributed by atoms with Gasteiger partial charge in [0.25, 0.3) is 0 Å². The van der Waals surface area contributed by atoms with Crippen LogP contribution in [0.4, 0.5) is 0 Å². The topological polar surface area (TPSA) is 37.3 Å².